The monoisotopic (exact) mass is 285 g/mol. The number of amides is 1. The third-order valence-electron chi connectivity index (χ3n) is 2.84. The molecule has 0 heterocycles. The summed E-state index contributed by atoms with van der Waals surface area (Å²) >= 11 is 0. The zero-order valence-corrected chi connectivity index (χ0v) is 11.1. The molecule has 7 heteroatoms. The van der Waals surface area contributed by atoms with Gasteiger partial charge in [-0.2, -0.15) is 0 Å². The summed E-state index contributed by atoms with van der Waals surface area (Å²) in [4.78, 5) is 13.5. The molecule has 1 aromatic carbocycles. The number of hydrogen-bond acceptors (Lipinski definition) is 3. The quantitative estimate of drug-likeness (QED) is 0.360. The van der Waals surface area contributed by atoms with E-state index in [-0.39, 0.29) is 24.6 Å². The summed E-state index contributed by atoms with van der Waals surface area (Å²) < 4.78 is 25.8. The van der Waals surface area contributed by atoms with E-state index in [1.54, 1.807) is 6.92 Å². The highest BCUT2D eigenvalue weighted by Crippen LogP contribution is 2.10. The molecule has 0 saturated carbocycles. The number of nitrogens with zero attached hydrogens (tertiary/aromatic N) is 2. The number of halogens is 2. The molecule has 0 aliphatic carbocycles. The molecular formula is C13H17F2N3O2. The highest BCUT2D eigenvalue weighted by molar-refractivity contribution is 5.82. The summed E-state index contributed by atoms with van der Waals surface area (Å²) in [5.74, 6) is -2.12. The molecular weight excluding hydrogens is 268 g/mol. The van der Waals surface area contributed by atoms with Crippen molar-refractivity contribution in [2.45, 2.75) is 19.8 Å². The standard InChI is InChI=1S/C13H17F2N3O2/c1-2-18(6-5-12(16)17-20)13(19)8-9-3-4-10(14)11(15)7-9/h3-4,7,20H,2,5-6,8H2,1H3,(H2,16,17). The van der Waals surface area contributed by atoms with Crippen molar-refractivity contribution in [2.24, 2.45) is 10.9 Å². The van der Waals surface area contributed by atoms with E-state index in [1.807, 2.05) is 0 Å². The summed E-state index contributed by atoms with van der Waals surface area (Å²) in [7, 11) is 0. The predicted octanol–water partition coefficient (Wildman–Crippen LogP) is 1.49. The Labute approximate surface area is 115 Å². The first-order chi connectivity index (χ1) is 9.47. The van der Waals surface area contributed by atoms with Crippen LogP contribution in [0.25, 0.3) is 0 Å². The fraction of sp³-hybridized carbons (Fsp3) is 0.385. The van der Waals surface area contributed by atoms with Gasteiger partial charge in [0.25, 0.3) is 0 Å². The lowest BCUT2D eigenvalue weighted by Gasteiger charge is -2.20. The zero-order valence-electron chi connectivity index (χ0n) is 11.1. The maximum atomic E-state index is 13.1. The maximum absolute atomic E-state index is 13.1. The Hall–Kier alpha value is -2.18. The summed E-state index contributed by atoms with van der Waals surface area (Å²) in [6.07, 6.45) is 0.217. The molecule has 20 heavy (non-hydrogen) atoms. The molecule has 0 unspecified atom stereocenters. The summed E-state index contributed by atoms with van der Waals surface area (Å²) in [5, 5.41) is 11.3. The predicted molar refractivity (Wildman–Crippen MR) is 70.3 cm³/mol. The van der Waals surface area contributed by atoms with Gasteiger partial charge in [-0.1, -0.05) is 11.2 Å². The van der Waals surface area contributed by atoms with E-state index >= 15 is 0 Å². The number of amidine groups is 1. The molecule has 0 spiro atoms. The number of carbonyl (C=O) groups is 1. The van der Waals surface area contributed by atoms with Gasteiger partial charge in [0, 0.05) is 19.5 Å². The highest BCUT2D eigenvalue weighted by Gasteiger charge is 2.14. The van der Waals surface area contributed by atoms with E-state index in [4.69, 9.17) is 10.9 Å². The van der Waals surface area contributed by atoms with Crippen molar-refractivity contribution in [3.05, 3.63) is 35.4 Å². The first kappa shape index (κ1) is 15.9. The van der Waals surface area contributed by atoms with Crippen LogP contribution < -0.4 is 5.73 Å². The fourth-order valence-corrected chi connectivity index (χ4v) is 1.69. The van der Waals surface area contributed by atoms with Gasteiger partial charge >= 0.3 is 0 Å². The van der Waals surface area contributed by atoms with Crippen molar-refractivity contribution in [3.63, 3.8) is 0 Å². The molecule has 0 bridgehead atoms. The van der Waals surface area contributed by atoms with E-state index < -0.39 is 11.6 Å². The van der Waals surface area contributed by atoms with E-state index in [9.17, 15) is 13.6 Å². The second kappa shape index (κ2) is 7.42. The molecule has 1 rings (SSSR count). The van der Waals surface area contributed by atoms with E-state index in [2.05, 4.69) is 5.16 Å². The number of rotatable bonds is 6. The summed E-state index contributed by atoms with van der Waals surface area (Å²) in [5.41, 5.74) is 5.74. The Morgan fingerprint density at radius 2 is 2.10 bits per heavy atom. The topological polar surface area (TPSA) is 78.9 Å². The van der Waals surface area contributed by atoms with Crippen LogP contribution in [-0.2, 0) is 11.2 Å². The summed E-state index contributed by atoms with van der Waals surface area (Å²) in [6.45, 7) is 2.53. The lowest BCUT2D eigenvalue weighted by atomic mass is 10.1. The Morgan fingerprint density at radius 1 is 1.40 bits per heavy atom. The zero-order chi connectivity index (χ0) is 15.1. The Kier molecular flexibility index (Phi) is 5.89. The first-order valence-corrected chi connectivity index (χ1v) is 6.16. The summed E-state index contributed by atoms with van der Waals surface area (Å²) in [6, 6.07) is 3.36. The van der Waals surface area contributed by atoms with Crippen molar-refractivity contribution in [3.8, 4) is 0 Å². The molecule has 0 aromatic heterocycles. The normalized spacial score (nSPS) is 11.4. The second-order valence-corrected chi connectivity index (χ2v) is 4.24. The molecule has 0 atom stereocenters. The SMILES string of the molecule is CCN(CC/C(N)=N/O)C(=O)Cc1ccc(F)c(F)c1. The highest BCUT2D eigenvalue weighted by atomic mass is 19.2. The lowest BCUT2D eigenvalue weighted by molar-refractivity contribution is -0.130. The Balaban J connectivity index is 2.64. The van der Waals surface area contributed by atoms with E-state index in [1.165, 1.54) is 11.0 Å². The largest absolute Gasteiger partial charge is 0.409 e. The van der Waals surface area contributed by atoms with Crippen molar-refractivity contribution < 1.29 is 18.8 Å². The first-order valence-electron chi connectivity index (χ1n) is 6.16. The average Bonchev–Trinajstić information content (AvgIpc) is 2.43. The number of carbonyl (C=O) groups excluding carboxylic acids is 1. The second-order valence-electron chi connectivity index (χ2n) is 4.24. The van der Waals surface area contributed by atoms with Crippen LogP contribution in [0.4, 0.5) is 8.78 Å². The number of nitrogens with two attached hydrogens (primary N) is 1. The van der Waals surface area contributed by atoms with Gasteiger partial charge < -0.3 is 15.8 Å². The van der Waals surface area contributed by atoms with E-state index in [0.717, 1.165) is 12.1 Å². The van der Waals surface area contributed by atoms with Crippen LogP contribution in [0.2, 0.25) is 0 Å². The van der Waals surface area contributed by atoms with Crippen LogP contribution in [0.3, 0.4) is 0 Å². The smallest absolute Gasteiger partial charge is 0.226 e. The minimum Gasteiger partial charge on any atom is -0.409 e. The van der Waals surface area contributed by atoms with E-state index in [0.29, 0.717) is 18.7 Å². The van der Waals surface area contributed by atoms with Crippen LogP contribution in [-0.4, -0.2) is 34.9 Å². The minimum atomic E-state index is -0.977. The van der Waals surface area contributed by atoms with Crippen molar-refractivity contribution in [1.82, 2.24) is 4.90 Å². The van der Waals surface area contributed by atoms with Crippen molar-refractivity contribution >= 4 is 11.7 Å². The molecule has 5 nitrogen and oxygen atoms in total. The van der Waals surface area contributed by atoms with Crippen LogP contribution in [0.5, 0.6) is 0 Å². The fourth-order valence-electron chi connectivity index (χ4n) is 1.69. The minimum absolute atomic E-state index is 0.0266. The van der Waals surface area contributed by atoms with Gasteiger partial charge in [0.05, 0.1) is 6.42 Å². The van der Waals surface area contributed by atoms with Gasteiger partial charge in [-0.3, -0.25) is 4.79 Å². The van der Waals surface area contributed by atoms with Crippen molar-refractivity contribution in [2.75, 3.05) is 13.1 Å². The number of hydrogen-bond donors (Lipinski definition) is 2. The third-order valence-corrected chi connectivity index (χ3v) is 2.84. The molecule has 0 aliphatic heterocycles. The third kappa shape index (κ3) is 4.49. The van der Waals surface area contributed by atoms with Gasteiger partial charge in [-0.25, -0.2) is 8.78 Å². The Bertz CT molecular complexity index is 506. The number of benzene rings is 1. The van der Waals surface area contributed by atoms with Crippen LogP contribution in [0.15, 0.2) is 23.4 Å². The molecule has 0 radical (unpaired) electrons. The van der Waals surface area contributed by atoms with Crippen molar-refractivity contribution in [1.29, 1.82) is 0 Å². The molecule has 0 fully saturated rings. The molecule has 110 valence electrons. The van der Waals surface area contributed by atoms with Gasteiger partial charge in [0.1, 0.15) is 5.84 Å². The maximum Gasteiger partial charge on any atom is 0.226 e. The Morgan fingerprint density at radius 3 is 2.65 bits per heavy atom. The number of oxime groups is 1. The van der Waals surface area contributed by atoms with Gasteiger partial charge in [-0.15, -0.1) is 0 Å². The molecule has 3 N–H and O–H groups in total. The van der Waals surface area contributed by atoms with Crippen LogP contribution in [0.1, 0.15) is 18.9 Å². The molecule has 0 aliphatic rings. The van der Waals surface area contributed by atoms with Crippen LogP contribution >= 0.6 is 0 Å². The lowest BCUT2D eigenvalue weighted by Crippen LogP contribution is -2.35. The molecule has 1 amide bonds. The van der Waals surface area contributed by atoms with Crippen LogP contribution in [0, 0.1) is 11.6 Å². The van der Waals surface area contributed by atoms with Gasteiger partial charge in [0.2, 0.25) is 5.91 Å². The molecule has 0 saturated heterocycles. The number of likely N-dealkylation sites (N-methyl/N-ethyl adjacent to an activating group) is 1. The van der Waals surface area contributed by atoms with Gasteiger partial charge in [-0.05, 0) is 24.6 Å². The van der Waals surface area contributed by atoms with Gasteiger partial charge in [0.15, 0.2) is 11.6 Å². The average molecular weight is 285 g/mol. The molecule has 1 aromatic rings.